The minimum Gasteiger partial charge on any atom is -0.299 e. The van der Waals surface area contributed by atoms with E-state index in [0.717, 1.165) is 12.1 Å². The third-order valence-electron chi connectivity index (χ3n) is 4.07. The number of hydrogen-bond acceptors (Lipinski definition) is 4. The van der Waals surface area contributed by atoms with Crippen LogP contribution in [0.5, 0.6) is 0 Å². The molecule has 0 amide bonds. The van der Waals surface area contributed by atoms with Crippen molar-refractivity contribution in [2.75, 3.05) is 6.54 Å². The molecule has 0 bridgehead atoms. The van der Waals surface area contributed by atoms with E-state index in [0.29, 0.717) is 16.8 Å². The molecule has 3 rings (SSSR count). The summed E-state index contributed by atoms with van der Waals surface area (Å²) >= 11 is 0. The first kappa shape index (κ1) is 17.8. The maximum atomic E-state index is 13.1. The fraction of sp³-hybridized carbons (Fsp3) is 0.158. The largest absolute Gasteiger partial charge is 0.299 e. The second-order valence-electron chi connectivity index (χ2n) is 5.87. The summed E-state index contributed by atoms with van der Waals surface area (Å²) in [7, 11) is -3.89. The number of nitrogens with zero attached hydrogens (tertiary/aromatic N) is 2. The van der Waals surface area contributed by atoms with Crippen molar-refractivity contribution in [2.24, 2.45) is 0 Å². The van der Waals surface area contributed by atoms with Crippen molar-refractivity contribution in [3.63, 3.8) is 0 Å². The molecule has 1 fully saturated rings. The van der Waals surface area contributed by atoms with Crippen LogP contribution in [0.4, 0.5) is 4.39 Å². The molecule has 0 saturated carbocycles. The van der Waals surface area contributed by atoms with E-state index >= 15 is 0 Å². The minimum absolute atomic E-state index is 0.000423. The predicted octanol–water partition coefficient (Wildman–Crippen LogP) is 3.09. The van der Waals surface area contributed by atoms with E-state index in [1.165, 1.54) is 16.4 Å². The van der Waals surface area contributed by atoms with Crippen molar-refractivity contribution in [2.45, 2.75) is 17.7 Å². The van der Waals surface area contributed by atoms with Gasteiger partial charge in [0.1, 0.15) is 11.6 Å². The Balaban J connectivity index is 2.00. The maximum absolute atomic E-state index is 13.1. The number of ketones is 1. The van der Waals surface area contributed by atoms with Crippen molar-refractivity contribution >= 4 is 21.9 Å². The van der Waals surface area contributed by atoms with E-state index in [2.05, 4.69) is 0 Å². The number of piperidine rings is 1. The predicted molar refractivity (Wildman–Crippen MR) is 93.7 cm³/mol. The fourth-order valence-electron chi connectivity index (χ4n) is 2.73. The van der Waals surface area contributed by atoms with Crippen LogP contribution in [-0.2, 0) is 14.8 Å². The van der Waals surface area contributed by atoms with E-state index in [1.54, 1.807) is 30.3 Å². The second-order valence-corrected chi connectivity index (χ2v) is 7.73. The van der Waals surface area contributed by atoms with Gasteiger partial charge in [0, 0.05) is 25.1 Å². The number of nitriles is 1. The van der Waals surface area contributed by atoms with E-state index in [1.807, 2.05) is 6.07 Å². The molecule has 1 heterocycles. The number of sulfonamides is 1. The molecule has 0 N–H and O–H groups in total. The molecule has 5 nitrogen and oxygen atoms in total. The van der Waals surface area contributed by atoms with Gasteiger partial charge in [0.25, 0.3) is 10.0 Å². The lowest BCUT2D eigenvalue weighted by atomic mass is 10.0. The summed E-state index contributed by atoms with van der Waals surface area (Å²) in [6, 6.07) is 13.2. The van der Waals surface area contributed by atoms with Gasteiger partial charge in [-0.15, -0.1) is 0 Å². The lowest BCUT2D eigenvalue weighted by Gasteiger charge is -2.30. The van der Waals surface area contributed by atoms with Crippen molar-refractivity contribution in [3.8, 4) is 6.07 Å². The van der Waals surface area contributed by atoms with E-state index in [4.69, 9.17) is 5.26 Å². The Labute approximate surface area is 151 Å². The smallest absolute Gasteiger partial charge is 0.264 e. The van der Waals surface area contributed by atoms with Crippen LogP contribution in [0.3, 0.4) is 0 Å². The van der Waals surface area contributed by atoms with Crippen LogP contribution in [0.15, 0.2) is 59.1 Å². The molecule has 0 spiro atoms. The number of hydrogen-bond donors (Lipinski definition) is 0. The van der Waals surface area contributed by atoms with Crippen LogP contribution >= 0.6 is 0 Å². The van der Waals surface area contributed by atoms with Gasteiger partial charge in [-0.1, -0.05) is 12.1 Å². The standard InChI is InChI=1S/C19H15FN2O3S/c20-16-5-7-19(8-6-16)26(24,25)22-10-9-18(23)12-17(22)11-14-1-3-15(13-21)4-2-14/h1-8,11H,9-10,12H2. The lowest BCUT2D eigenvalue weighted by Crippen LogP contribution is -2.37. The average molecular weight is 370 g/mol. The molecular formula is C19H15FN2O3S. The Kier molecular flexibility index (Phi) is 4.87. The van der Waals surface area contributed by atoms with Crippen LogP contribution in [0.25, 0.3) is 6.08 Å². The number of carbonyl (C=O) groups is 1. The zero-order valence-electron chi connectivity index (χ0n) is 13.7. The first-order valence-corrected chi connectivity index (χ1v) is 9.35. The van der Waals surface area contributed by atoms with Gasteiger partial charge in [-0.05, 0) is 48.0 Å². The summed E-state index contributed by atoms with van der Waals surface area (Å²) in [4.78, 5) is 11.8. The SMILES string of the molecule is N#Cc1ccc(C=C2CC(=O)CCN2S(=O)(=O)c2ccc(F)cc2)cc1. The summed E-state index contributed by atoms with van der Waals surface area (Å²) < 4.78 is 40.1. The Hall–Kier alpha value is -2.98. The first-order valence-electron chi connectivity index (χ1n) is 7.91. The molecule has 0 unspecified atom stereocenters. The number of Topliss-reactive ketones (excluding diaryl/α,β-unsaturated/α-hetero) is 1. The summed E-state index contributed by atoms with van der Waals surface area (Å²) in [5, 5.41) is 8.85. The number of benzene rings is 2. The normalized spacial score (nSPS) is 16.5. The van der Waals surface area contributed by atoms with Crippen molar-refractivity contribution in [3.05, 3.63) is 71.2 Å². The average Bonchev–Trinajstić information content (AvgIpc) is 2.62. The fourth-order valence-corrected chi connectivity index (χ4v) is 4.22. The zero-order valence-corrected chi connectivity index (χ0v) is 14.5. The van der Waals surface area contributed by atoms with Crippen LogP contribution < -0.4 is 0 Å². The van der Waals surface area contributed by atoms with E-state index in [9.17, 15) is 17.6 Å². The number of allylic oxidation sites excluding steroid dienone is 1. The number of carbonyl (C=O) groups excluding carboxylic acids is 1. The van der Waals surface area contributed by atoms with Gasteiger partial charge in [-0.2, -0.15) is 5.26 Å². The molecule has 0 radical (unpaired) electrons. The van der Waals surface area contributed by atoms with Gasteiger partial charge < -0.3 is 0 Å². The molecule has 132 valence electrons. The molecule has 7 heteroatoms. The Morgan fingerprint density at radius 3 is 2.35 bits per heavy atom. The van der Waals surface area contributed by atoms with Crippen LogP contribution in [0.2, 0.25) is 0 Å². The van der Waals surface area contributed by atoms with Crippen LogP contribution in [0.1, 0.15) is 24.0 Å². The topological polar surface area (TPSA) is 78.2 Å². The van der Waals surface area contributed by atoms with Gasteiger partial charge in [0.15, 0.2) is 0 Å². The van der Waals surface area contributed by atoms with Crippen molar-refractivity contribution < 1.29 is 17.6 Å². The maximum Gasteiger partial charge on any atom is 0.264 e. The Bertz CT molecular complexity index is 1000. The molecule has 0 aromatic heterocycles. The van der Waals surface area contributed by atoms with Crippen molar-refractivity contribution in [1.29, 1.82) is 5.26 Å². The van der Waals surface area contributed by atoms with Gasteiger partial charge in [0.2, 0.25) is 0 Å². The van der Waals surface area contributed by atoms with Gasteiger partial charge in [0.05, 0.1) is 16.5 Å². The van der Waals surface area contributed by atoms with Gasteiger partial charge in [-0.3, -0.25) is 9.10 Å². The highest BCUT2D eigenvalue weighted by molar-refractivity contribution is 7.89. The molecule has 26 heavy (non-hydrogen) atoms. The monoisotopic (exact) mass is 370 g/mol. The molecule has 0 aliphatic carbocycles. The summed E-state index contributed by atoms with van der Waals surface area (Å²) in [6.45, 7) is 0.0423. The van der Waals surface area contributed by atoms with Gasteiger partial charge >= 0.3 is 0 Å². The molecule has 1 saturated heterocycles. The van der Waals surface area contributed by atoms with Crippen LogP contribution in [-0.4, -0.2) is 25.1 Å². The highest BCUT2D eigenvalue weighted by atomic mass is 32.2. The zero-order chi connectivity index (χ0) is 18.7. The van der Waals surface area contributed by atoms with E-state index in [-0.39, 0.29) is 30.1 Å². The van der Waals surface area contributed by atoms with E-state index < -0.39 is 15.8 Å². The first-order chi connectivity index (χ1) is 12.4. The molecule has 0 atom stereocenters. The number of halogens is 1. The minimum atomic E-state index is -3.89. The molecule has 2 aromatic carbocycles. The second kappa shape index (κ2) is 7.10. The third-order valence-corrected chi connectivity index (χ3v) is 5.93. The molecule has 2 aromatic rings. The third kappa shape index (κ3) is 3.65. The molecule has 1 aliphatic heterocycles. The highest BCUT2D eigenvalue weighted by Gasteiger charge is 2.31. The summed E-state index contributed by atoms with van der Waals surface area (Å²) in [5.74, 6) is -0.568. The highest BCUT2D eigenvalue weighted by Crippen LogP contribution is 2.28. The van der Waals surface area contributed by atoms with Gasteiger partial charge in [-0.25, -0.2) is 12.8 Å². The molecular weight excluding hydrogens is 355 g/mol. The summed E-state index contributed by atoms with van der Waals surface area (Å²) in [6.07, 6.45) is 1.75. The molecule has 1 aliphatic rings. The Morgan fingerprint density at radius 1 is 1.08 bits per heavy atom. The summed E-state index contributed by atoms with van der Waals surface area (Å²) in [5.41, 5.74) is 1.53. The quantitative estimate of drug-likeness (QED) is 0.832. The Morgan fingerprint density at radius 2 is 1.73 bits per heavy atom. The number of rotatable bonds is 3. The van der Waals surface area contributed by atoms with Crippen molar-refractivity contribution in [1.82, 2.24) is 4.31 Å². The lowest BCUT2D eigenvalue weighted by molar-refractivity contribution is -0.119. The van der Waals surface area contributed by atoms with Crippen LogP contribution in [0, 0.1) is 17.1 Å².